The summed E-state index contributed by atoms with van der Waals surface area (Å²) in [6.45, 7) is 0.239. The molecule has 172 valence electrons. The first kappa shape index (κ1) is 24.0. The Morgan fingerprint density at radius 1 is 0.879 bits per heavy atom. The molecule has 2 aromatic carbocycles. The number of hydrogen-bond acceptors (Lipinski definition) is 4. The molecule has 0 heterocycles. The molecule has 6 nitrogen and oxygen atoms in total. The van der Waals surface area contributed by atoms with Gasteiger partial charge in [0.25, 0.3) is 0 Å². The van der Waals surface area contributed by atoms with Gasteiger partial charge in [0.2, 0.25) is 0 Å². The summed E-state index contributed by atoms with van der Waals surface area (Å²) in [6, 6.07) is 15.8. The average Bonchev–Trinajstić information content (AvgIpc) is 2.80. The Hall–Kier alpha value is -3.64. The second-order valence-corrected chi connectivity index (χ2v) is 8.63. The van der Waals surface area contributed by atoms with Crippen LogP contribution in [0, 0.1) is 0 Å². The number of carboxylic acid groups (broad SMARTS) is 1. The molecule has 1 atom stereocenters. The van der Waals surface area contributed by atoms with Gasteiger partial charge < -0.3 is 20.6 Å². The van der Waals surface area contributed by atoms with Crippen LogP contribution in [0.4, 0.5) is 11.4 Å². The smallest absolute Gasteiger partial charge is 0.322 e. The van der Waals surface area contributed by atoms with Crippen molar-refractivity contribution in [3.63, 3.8) is 0 Å². The number of hydrogen-bond donors (Lipinski definition) is 2. The highest BCUT2D eigenvalue weighted by atomic mass is 16.4. The number of rotatable bonds is 7. The van der Waals surface area contributed by atoms with E-state index in [1.807, 2.05) is 52.3 Å². The van der Waals surface area contributed by atoms with Crippen LogP contribution in [-0.4, -0.2) is 69.2 Å². The van der Waals surface area contributed by atoms with Crippen molar-refractivity contribution in [2.75, 3.05) is 51.6 Å². The first-order valence-electron chi connectivity index (χ1n) is 10.9. The van der Waals surface area contributed by atoms with E-state index < -0.39 is 12.0 Å². The molecule has 0 amide bonds. The third-order valence-electron chi connectivity index (χ3n) is 5.73. The summed E-state index contributed by atoms with van der Waals surface area (Å²) in [6.07, 6.45) is 8.55. The van der Waals surface area contributed by atoms with Crippen molar-refractivity contribution in [2.24, 2.45) is 5.73 Å². The molecule has 0 aliphatic heterocycles. The fourth-order valence-corrected chi connectivity index (χ4v) is 3.71. The van der Waals surface area contributed by atoms with Gasteiger partial charge >= 0.3 is 5.97 Å². The quantitative estimate of drug-likeness (QED) is 0.640. The van der Waals surface area contributed by atoms with E-state index in [0.717, 1.165) is 39.4 Å². The van der Waals surface area contributed by atoms with E-state index in [1.165, 1.54) is 0 Å². The van der Waals surface area contributed by atoms with Gasteiger partial charge in [-0.1, -0.05) is 24.3 Å². The van der Waals surface area contributed by atoms with Gasteiger partial charge in [-0.25, -0.2) is 4.58 Å². The van der Waals surface area contributed by atoms with Gasteiger partial charge in [-0.15, -0.1) is 0 Å². The number of benzene rings is 2. The molecule has 6 heteroatoms. The van der Waals surface area contributed by atoms with Gasteiger partial charge in [0.05, 0.1) is 0 Å². The lowest BCUT2D eigenvalue weighted by Gasteiger charge is -2.22. The van der Waals surface area contributed by atoms with Gasteiger partial charge in [0, 0.05) is 51.2 Å². The molecule has 0 bridgehead atoms. The van der Waals surface area contributed by atoms with Crippen LogP contribution < -0.4 is 15.5 Å². The third-order valence-corrected chi connectivity index (χ3v) is 5.73. The first-order chi connectivity index (χ1) is 15.7. The minimum Gasteiger partial charge on any atom is -0.480 e. The Kier molecular flexibility index (Phi) is 7.51. The summed E-state index contributed by atoms with van der Waals surface area (Å²) in [7, 11) is 9.98. The predicted molar refractivity (Wildman–Crippen MR) is 138 cm³/mol. The van der Waals surface area contributed by atoms with Crippen LogP contribution in [0.2, 0.25) is 0 Å². The van der Waals surface area contributed by atoms with E-state index >= 15 is 0 Å². The van der Waals surface area contributed by atoms with E-state index in [9.17, 15) is 4.79 Å². The predicted octanol–water partition coefficient (Wildman–Crippen LogP) is 3.24. The van der Waals surface area contributed by atoms with Crippen LogP contribution in [-0.2, 0) is 4.79 Å². The minimum absolute atomic E-state index is 0.239. The molecule has 3 N–H and O–H groups in total. The summed E-state index contributed by atoms with van der Waals surface area (Å²) in [4.78, 5) is 15.0. The minimum atomic E-state index is -1.00. The van der Waals surface area contributed by atoms with E-state index in [2.05, 4.69) is 70.2 Å². The van der Waals surface area contributed by atoms with Crippen molar-refractivity contribution in [3.8, 4) is 0 Å². The van der Waals surface area contributed by atoms with Crippen molar-refractivity contribution in [1.82, 2.24) is 0 Å². The fourth-order valence-electron chi connectivity index (χ4n) is 3.71. The third kappa shape index (κ3) is 5.79. The molecule has 0 saturated heterocycles. The molecular formula is C27H33N4O2+. The lowest BCUT2D eigenvalue weighted by Crippen LogP contribution is -2.41. The number of nitrogens with two attached hydrogens (primary N) is 1. The van der Waals surface area contributed by atoms with E-state index in [-0.39, 0.29) is 6.54 Å². The number of nitrogens with zero attached hydrogens (tertiary/aromatic N) is 3. The summed E-state index contributed by atoms with van der Waals surface area (Å²) in [5.74, 6) is -1.00. The summed E-state index contributed by atoms with van der Waals surface area (Å²) in [5.41, 5.74) is 13.4. The normalized spacial score (nSPS) is 13.6. The van der Waals surface area contributed by atoms with Crippen molar-refractivity contribution < 1.29 is 14.5 Å². The largest absolute Gasteiger partial charge is 0.480 e. The highest BCUT2D eigenvalue weighted by Crippen LogP contribution is 2.32. The van der Waals surface area contributed by atoms with E-state index in [0.29, 0.717) is 0 Å². The molecule has 0 aromatic heterocycles. The van der Waals surface area contributed by atoms with Crippen LogP contribution in [0.3, 0.4) is 0 Å². The molecule has 33 heavy (non-hydrogen) atoms. The highest BCUT2D eigenvalue weighted by Gasteiger charge is 2.16. The molecule has 0 spiro atoms. The average molecular weight is 446 g/mol. The SMILES string of the molecule is CN(C)c1ccc(C(=C2C=CC(=[N+](C)C)C=C2)c2ccc(N(C)C[C@@H](N)C(=O)O)cc2)cc1. The fraction of sp³-hybridized carbons (Fsp3) is 0.259. The molecule has 0 unspecified atom stereocenters. The van der Waals surface area contributed by atoms with Crippen LogP contribution in [0.1, 0.15) is 11.1 Å². The first-order valence-corrected chi connectivity index (χ1v) is 10.9. The lowest BCUT2D eigenvalue weighted by molar-refractivity contribution is -0.462. The number of allylic oxidation sites excluding steroid dienone is 5. The Balaban J connectivity index is 2.01. The highest BCUT2D eigenvalue weighted by molar-refractivity contribution is 6.04. The zero-order chi connectivity index (χ0) is 24.1. The van der Waals surface area contributed by atoms with Crippen LogP contribution >= 0.6 is 0 Å². The number of carboxylic acids is 1. The molecular weight excluding hydrogens is 412 g/mol. The van der Waals surface area contributed by atoms with Gasteiger partial charge in [0.15, 0.2) is 5.71 Å². The van der Waals surface area contributed by atoms with Gasteiger partial charge in [0.1, 0.15) is 20.1 Å². The molecule has 1 aliphatic carbocycles. The Morgan fingerprint density at radius 2 is 1.36 bits per heavy atom. The lowest BCUT2D eigenvalue weighted by atomic mass is 9.90. The Bertz CT molecular complexity index is 1100. The molecule has 0 fully saturated rings. The molecule has 3 rings (SSSR count). The molecule has 2 aromatic rings. The monoisotopic (exact) mass is 445 g/mol. The van der Waals surface area contributed by atoms with Crippen molar-refractivity contribution in [2.45, 2.75) is 6.04 Å². The standard InChI is InChI=1S/C27H32N4O2/c1-29(2)22-12-6-19(7-13-22)26(20-8-14-23(15-9-20)30(3)4)21-10-16-24(17-11-21)31(5)18-25(28)27(32)33/h6-17,25H,18,28H2,1-5H3/p+1/t25-/m1/s1. The second kappa shape index (κ2) is 10.3. The van der Waals surface area contributed by atoms with Crippen LogP contribution in [0.25, 0.3) is 5.57 Å². The second-order valence-electron chi connectivity index (χ2n) is 8.63. The summed E-state index contributed by atoms with van der Waals surface area (Å²) < 4.78 is 2.09. The maximum Gasteiger partial charge on any atom is 0.322 e. The topological polar surface area (TPSA) is 72.8 Å². The molecule has 0 saturated carbocycles. The van der Waals surface area contributed by atoms with Crippen molar-refractivity contribution in [1.29, 1.82) is 0 Å². The zero-order valence-corrected chi connectivity index (χ0v) is 20.0. The number of likely N-dealkylation sites (N-methyl/N-ethyl adjacent to an activating group) is 1. The number of carbonyl (C=O) groups is 1. The maximum absolute atomic E-state index is 11.1. The van der Waals surface area contributed by atoms with Gasteiger partial charge in [-0.2, -0.15) is 0 Å². The number of anilines is 2. The molecule has 0 radical (unpaired) electrons. The van der Waals surface area contributed by atoms with E-state index in [1.54, 1.807) is 0 Å². The van der Waals surface area contributed by atoms with Crippen LogP contribution in [0.5, 0.6) is 0 Å². The van der Waals surface area contributed by atoms with E-state index in [4.69, 9.17) is 10.8 Å². The Morgan fingerprint density at radius 3 is 1.79 bits per heavy atom. The van der Waals surface area contributed by atoms with Crippen molar-refractivity contribution in [3.05, 3.63) is 89.5 Å². The van der Waals surface area contributed by atoms with Crippen molar-refractivity contribution >= 4 is 28.6 Å². The van der Waals surface area contributed by atoms with Crippen LogP contribution in [0.15, 0.2) is 78.4 Å². The molecule has 1 aliphatic rings. The number of aliphatic carboxylic acids is 1. The van der Waals surface area contributed by atoms with Gasteiger partial charge in [-0.05, 0) is 58.7 Å². The summed E-state index contributed by atoms with van der Waals surface area (Å²) in [5, 5.41) is 9.09. The maximum atomic E-state index is 11.1. The Labute approximate surface area is 196 Å². The summed E-state index contributed by atoms with van der Waals surface area (Å²) >= 11 is 0. The zero-order valence-electron chi connectivity index (χ0n) is 20.0. The van der Waals surface area contributed by atoms with Gasteiger partial charge in [-0.3, -0.25) is 4.79 Å².